The summed E-state index contributed by atoms with van der Waals surface area (Å²) in [4.78, 5) is 39.6. The molecule has 2 N–H and O–H groups in total. The number of nitrogens with zero attached hydrogens (tertiary/aromatic N) is 2. The van der Waals surface area contributed by atoms with Crippen molar-refractivity contribution in [1.29, 1.82) is 5.26 Å². The molecule has 5 heterocycles. The number of nitriles is 1. The molecule has 2 aromatic rings. The van der Waals surface area contributed by atoms with E-state index in [9.17, 15) is 37.9 Å². The summed E-state index contributed by atoms with van der Waals surface area (Å²) in [5.41, 5.74) is 3.20. The van der Waals surface area contributed by atoms with Crippen LogP contribution in [0.1, 0.15) is 57.6 Å². The number of fused-ring (bicyclic) bond motifs is 9. The van der Waals surface area contributed by atoms with Crippen LogP contribution in [0.5, 0.6) is 28.7 Å². The molecule has 13 nitrogen and oxygen atoms in total. The number of hydrogen-bond donors (Lipinski definition) is 2. The van der Waals surface area contributed by atoms with Crippen LogP contribution < -0.4 is 24.3 Å². The lowest BCUT2D eigenvalue weighted by atomic mass is 9.72. The molecule has 0 aromatic heterocycles. The van der Waals surface area contributed by atoms with Crippen LogP contribution in [-0.4, -0.2) is 84.6 Å². The van der Waals surface area contributed by atoms with Gasteiger partial charge in [0.2, 0.25) is 12.9 Å². The van der Waals surface area contributed by atoms with Gasteiger partial charge in [0, 0.05) is 47.0 Å². The van der Waals surface area contributed by atoms with Crippen molar-refractivity contribution < 1.29 is 61.1 Å². The molecule has 1 unspecified atom stereocenters. The van der Waals surface area contributed by atoms with Crippen molar-refractivity contribution >= 4 is 29.7 Å². The quantitative estimate of drug-likeness (QED) is 0.353. The van der Waals surface area contributed by atoms with Crippen LogP contribution in [0.2, 0.25) is 0 Å². The summed E-state index contributed by atoms with van der Waals surface area (Å²) in [6, 6.07) is 0.475. The van der Waals surface area contributed by atoms with Crippen molar-refractivity contribution in [3.8, 4) is 34.8 Å². The van der Waals surface area contributed by atoms with E-state index >= 15 is 0 Å². The Balaban J connectivity index is 1.49. The zero-order valence-corrected chi connectivity index (χ0v) is 27.3. The zero-order valence-electron chi connectivity index (χ0n) is 26.5. The molecular formula is C32H30F3N3O10S. The van der Waals surface area contributed by atoms with Gasteiger partial charge < -0.3 is 38.8 Å². The number of benzene rings is 2. The number of phenolic OH excluding ortho intramolecular Hbond substituents is 1. The number of nitrogens with one attached hydrogen (secondary N) is 1. The van der Waals surface area contributed by atoms with Crippen LogP contribution in [0, 0.1) is 25.2 Å². The van der Waals surface area contributed by atoms with Crippen molar-refractivity contribution in [2.24, 2.45) is 0 Å². The minimum atomic E-state index is -5.37. The topological polar surface area (TPSA) is 166 Å². The molecule has 2 aromatic carbocycles. The molecule has 7 atom stereocenters. The number of aryl methyl sites for hydroxylation is 1. The van der Waals surface area contributed by atoms with E-state index in [0.29, 0.717) is 34.2 Å². The van der Waals surface area contributed by atoms with Crippen molar-refractivity contribution in [1.82, 2.24) is 10.2 Å². The van der Waals surface area contributed by atoms with E-state index in [2.05, 4.69) is 16.1 Å². The van der Waals surface area contributed by atoms with Gasteiger partial charge in [-0.1, -0.05) is 6.07 Å². The normalized spacial score (nSPS) is 28.3. The third-order valence-electron chi connectivity index (χ3n) is 9.60. The molecule has 0 saturated carbocycles. The molecule has 5 aliphatic heterocycles. The molecule has 0 aliphatic carbocycles. The molecule has 2 fully saturated rings. The number of rotatable bonds is 3. The lowest BCUT2D eigenvalue weighted by molar-refractivity contribution is -0.207. The number of aromatic hydroxyl groups is 1. The number of ether oxygens (including phenoxy) is 6. The van der Waals surface area contributed by atoms with E-state index < -0.39 is 78.0 Å². The smallest absolute Gasteiger partial charge is 0.490 e. The third kappa shape index (κ3) is 5.10. The van der Waals surface area contributed by atoms with E-state index in [-0.39, 0.29) is 35.5 Å². The molecule has 5 aliphatic rings. The Kier molecular flexibility index (Phi) is 8.03. The summed E-state index contributed by atoms with van der Waals surface area (Å²) >= 11 is 0.960. The Morgan fingerprint density at radius 1 is 1.14 bits per heavy atom. The van der Waals surface area contributed by atoms with E-state index in [4.69, 9.17) is 23.7 Å². The highest BCUT2D eigenvalue weighted by atomic mass is 32.2. The number of esters is 3. The summed E-state index contributed by atoms with van der Waals surface area (Å²) in [5.74, 6) is -4.11. The highest BCUT2D eigenvalue weighted by Crippen LogP contribution is 2.62. The van der Waals surface area contributed by atoms with E-state index in [0.717, 1.165) is 17.3 Å². The van der Waals surface area contributed by atoms with Crippen molar-refractivity contribution in [3.05, 3.63) is 39.4 Å². The highest BCUT2D eigenvalue weighted by molar-refractivity contribution is 7.99. The minimum absolute atomic E-state index is 0.113. The maximum atomic E-state index is 13.3. The Morgan fingerprint density at radius 3 is 2.55 bits per heavy atom. The van der Waals surface area contributed by atoms with Gasteiger partial charge in [0.05, 0.1) is 30.5 Å². The number of halogens is 3. The van der Waals surface area contributed by atoms with Gasteiger partial charge in [-0.2, -0.15) is 18.4 Å². The van der Waals surface area contributed by atoms with Gasteiger partial charge >= 0.3 is 24.1 Å². The van der Waals surface area contributed by atoms with Crippen LogP contribution in [-0.2, 0) is 30.3 Å². The van der Waals surface area contributed by atoms with Crippen molar-refractivity contribution in [3.63, 3.8) is 0 Å². The number of carbonyl (C=O) groups excluding carboxylic acids is 3. The Morgan fingerprint density at radius 2 is 1.88 bits per heavy atom. The summed E-state index contributed by atoms with van der Waals surface area (Å²) in [6.07, 6.45) is -6.97. The lowest BCUT2D eigenvalue weighted by Crippen LogP contribution is -2.69. The number of thioether (sulfide) groups is 1. The average Bonchev–Trinajstić information content (AvgIpc) is 3.53. The van der Waals surface area contributed by atoms with Crippen LogP contribution in [0.4, 0.5) is 13.2 Å². The number of methoxy groups -OCH3 is 1. The second kappa shape index (κ2) is 11.9. The zero-order chi connectivity index (χ0) is 35.1. The Hall–Kier alpha value is -4.40. The first-order valence-corrected chi connectivity index (χ1v) is 16.3. The van der Waals surface area contributed by atoms with E-state index in [1.165, 1.54) is 14.0 Å². The maximum absolute atomic E-state index is 13.3. The number of hydrogen-bond acceptors (Lipinski definition) is 14. The van der Waals surface area contributed by atoms with Gasteiger partial charge in [-0.25, -0.2) is 9.59 Å². The van der Waals surface area contributed by atoms with Gasteiger partial charge in [0.15, 0.2) is 23.0 Å². The Bertz CT molecular complexity index is 1830. The fourth-order valence-corrected chi connectivity index (χ4v) is 9.32. The fourth-order valence-electron chi connectivity index (χ4n) is 7.83. The minimum Gasteiger partial charge on any atom is -0.504 e. The summed E-state index contributed by atoms with van der Waals surface area (Å²) in [7, 11) is 1.43. The monoisotopic (exact) mass is 705 g/mol. The Labute approximate surface area is 281 Å². The lowest BCUT2D eigenvalue weighted by Gasteiger charge is -2.59. The van der Waals surface area contributed by atoms with Crippen molar-refractivity contribution in [2.75, 3.05) is 26.3 Å². The molecule has 0 amide bonds. The van der Waals surface area contributed by atoms with Gasteiger partial charge in [-0.3, -0.25) is 9.69 Å². The molecule has 7 rings (SSSR count). The SMILES string of the molecule is COc1c(C)cc2c(c1O)[C@@H]1N[C@H](C2)[C@H](C#N)N2C1[C@@H]1SC[C@H](OC(=O)C(F)(F)F)C(=O)OC[C@H]2c2c3c(c(C)c(OC(C)=O)c21)OCO3. The number of cyclic esters (lactones) is 1. The molecule has 17 heteroatoms. The van der Waals surface area contributed by atoms with Crippen LogP contribution in [0.25, 0.3) is 0 Å². The molecule has 2 saturated heterocycles. The summed E-state index contributed by atoms with van der Waals surface area (Å²) in [6.45, 7) is 3.98. The summed E-state index contributed by atoms with van der Waals surface area (Å²) in [5, 5.41) is 25.0. The predicted octanol–water partition coefficient (Wildman–Crippen LogP) is 3.36. The first-order chi connectivity index (χ1) is 23.3. The third-order valence-corrected chi connectivity index (χ3v) is 11.0. The fraction of sp³-hybridized carbons (Fsp3) is 0.500. The molecular weight excluding hydrogens is 675 g/mol. The maximum Gasteiger partial charge on any atom is 0.490 e. The standard InChI is InChI=1S/C32H30F3N3O10S/c1-11-5-14-6-15-16(7-36)38-17-8-44-30(41)18(48-31(42)32(33,34)35)9-49-29(23(38)22(37-15)19(14)24(40)25(11)43-4)21-20(17)28-27(45-10-46-28)12(2)26(21)47-13(3)39/h5,15-18,22-23,29,37,40H,6,8-10H2,1-4H3/t15-,16+,17+,18+,22+,23?,29-/m1/s1. The van der Waals surface area contributed by atoms with Gasteiger partial charge in [0.25, 0.3) is 0 Å². The molecule has 260 valence electrons. The highest BCUT2D eigenvalue weighted by Gasteiger charge is 2.59. The molecule has 0 spiro atoms. The van der Waals surface area contributed by atoms with E-state index in [1.54, 1.807) is 13.8 Å². The average molecular weight is 706 g/mol. The second-order valence-electron chi connectivity index (χ2n) is 12.3. The van der Waals surface area contributed by atoms with E-state index in [1.807, 2.05) is 11.0 Å². The first-order valence-electron chi connectivity index (χ1n) is 15.3. The molecule has 49 heavy (non-hydrogen) atoms. The second-order valence-corrected chi connectivity index (χ2v) is 13.5. The largest absolute Gasteiger partial charge is 0.504 e. The molecule has 4 bridgehead atoms. The van der Waals surface area contributed by atoms with Crippen LogP contribution in [0.3, 0.4) is 0 Å². The number of carbonyl (C=O) groups is 3. The summed E-state index contributed by atoms with van der Waals surface area (Å²) < 4.78 is 73.2. The number of phenols is 1. The first kappa shape index (κ1) is 33.1. The molecule has 0 radical (unpaired) electrons. The van der Waals surface area contributed by atoms with Gasteiger partial charge in [-0.05, 0) is 31.4 Å². The predicted molar refractivity (Wildman–Crippen MR) is 161 cm³/mol. The number of piperazine rings is 1. The van der Waals surface area contributed by atoms with Crippen LogP contribution in [0.15, 0.2) is 6.07 Å². The van der Waals surface area contributed by atoms with Crippen molar-refractivity contribution in [2.45, 2.75) is 74.9 Å². The number of alkyl halides is 3. The van der Waals surface area contributed by atoms with Crippen LogP contribution >= 0.6 is 11.8 Å². The van der Waals surface area contributed by atoms with Gasteiger partial charge in [0.1, 0.15) is 18.4 Å². The van der Waals surface area contributed by atoms with Gasteiger partial charge in [-0.15, -0.1) is 11.8 Å².